The van der Waals surface area contributed by atoms with Gasteiger partial charge in [-0.05, 0) is 24.3 Å². The molecule has 2 aromatic carbocycles. The largest absolute Gasteiger partial charge is 0.454 e. The number of benzene rings is 2. The molecule has 0 spiro atoms. The number of rotatable bonds is 5. The van der Waals surface area contributed by atoms with E-state index in [0.29, 0.717) is 0 Å². The van der Waals surface area contributed by atoms with E-state index < -0.39 is 52.3 Å². The van der Waals surface area contributed by atoms with E-state index in [-0.39, 0.29) is 17.7 Å². The van der Waals surface area contributed by atoms with Crippen LogP contribution < -0.4 is 5.32 Å². The molecule has 5 atom stereocenters. The van der Waals surface area contributed by atoms with Crippen molar-refractivity contribution in [3.8, 4) is 0 Å². The molecule has 8 nitrogen and oxygen atoms in total. The highest BCUT2D eigenvalue weighted by molar-refractivity contribution is 6.76. The Morgan fingerprint density at radius 1 is 0.848 bits per heavy atom. The molecule has 0 saturated carbocycles. The van der Waals surface area contributed by atoms with Gasteiger partial charge in [-0.1, -0.05) is 71.2 Å². The van der Waals surface area contributed by atoms with Crippen molar-refractivity contribution in [2.24, 2.45) is 0 Å². The second-order valence-electron chi connectivity index (χ2n) is 7.35. The Kier molecular flexibility index (Phi) is 7.11. The van der Waals surface area contributed by atoms with Gasteiger partial charge in [0.05, 0.1) is 17.7 Å². The standard InChI is InChI=1S/C22H18Cl3NO7/c23-22(24,25)21(29)26-15-16(32-18(27)12-7-3-1-4-8-12)14-11-30-20(31-14)17(15)33-19(28)13-9-5-2-6-10-13/h1-10,14-17,20H,11H2,(H,26,29)/t14-,15-,16+,17-,20-/m1/s1. The molecule has 2 heterocycles. The van der Waals surface area contributed by atoms with Gasteiger partial charge in [0.15, 0.2) is 18.5 Å². The molecule has 1 amide bonds. The van der Waals surface area contributed by atoms with E-state index >= 15 is 0 Å². The molecule has 1 N–H and O–H groups in total. The summed E-state index contributed by atoms with van der Waals surface area (Å²) in [6.07, 6.45) is -4.05. The Morgan fingerprint density at radius 3 is 1.88 bits per heavy atom. The molecule has 4 rings (SSSR count). The summed E-state index contributed by atoms with van der Waals surface area (Å²) in [4.78, 5) is 38.0. The second kappa shape index (κ2) is 9.87. The molecule has 2 aliphatic rings. The van der Waals surface area contributed by atoms with Crippen molar-refractivity contribution < 1.29 is 33.3 Å². The monoisotopic (exact) mass is 513 g/mol. The zero-order valence-electron chi connectivity index (χ0n) is 16.9. The molecular weight excluding hydrogens is 497 g/mol. The van der Waals surface area contributed by atoms with Crippen LogP contribution in [-0.2, 0) is 23.7 Å². The summed E-state index contributed by atoms with van der Waals surface area (Å²) in [6.45, 7) is 0.0386. The number of nitrogens with one attached hydrogen (secondary N) is 1. The Balaban J connectivity index is 1.62. The van der Waals surface area contributed by atoms with Gasteiger partial charge in [-0.3, -0.25) is 4.79 Å². The van der Waals surface area contributed by atoms with Crippen LogP contribution in [0.1, 0.15) is 20.7 Å². The molecular formula is C22H18Cl3NO7. The van der Waals surface area contributed by atoms with E-state index in [9.17, 15) is 14.4 Å². The molecule has 11 heteroatoms. The van der Waals surface area contributed by atoms with Crippen LogP contribution in [0.4, 0.5) is 0 Å². The molecule has 2 aliphatic heterocycles. The molecule has 2 bridgehead atoms. The molecule has 33 heavy (non-hydrogen) atoms. The van der Waals surface area contributed by atoms with E-state index in [1.54, 1.807) is 60.7 Å². The number of halogens is 3. The lowest BCUT2D eigenvalue weighted by molar-refractivity contribution is -0.197. The first-order valence-electron chi connectivity index (χ1n) is 9.91. The molecule has 0 unspecified atom stereocenters. The average molecular weight is 515 g/mol. The van der Waals surface area contributed by atoms with E-state index in [0.717, 1.165) is 0 Å². The number of amides is 1. The molecule has 2 saturated heterocycles. The predicted octanol–water partition coefficient (Wildman–Crippen LogP) is 3.05. The minimum absolute atomic E-state index is 0.0386. The molecule has 0 aliphatic carbocycles. The highest BCUT2D eigenvalue weighted by atomic mass is 35.6. The van der Waals surface area contributed by atoms with Gasteiger partial charge in [0, 0.05) is 0 Å². The number of esters is 2. The summed E-state index contributed by atoms with van der Waals surface area (Å²) >= 11 is 17.2. The molecule has 174 valence electrons. The maximum absolute atomic E-state index is 12.7. The van der Waals surface area contributed by atoms with Crippen LogP contribution in [0, 0.1) is 0 Å². The minimum atomic E-state index is -2.31. The van der Waals surface area contributed by atoms with Crippen LogP contribution in [0.5, 0.6) is 0 Å². The van der Waals surface area contributed by atoms with Crippen LogP contribution in [0.25, 0.3) is 0 Å². The SMILES string of the molecule is O=C(O[C@@H]1[C@@H](NC(=O)C(Cl)(Cl)Cl)[C@@H](OC(=O)c2ccccc2)[C@@H]2OC[C@H]1O2)c1ccccc1. The minimum Gasteiger partial charge on any atom is -0.454 e. The molecule has 2 fully saturated rings. The summed E-state index contributed by atoms with van der Waals surface area (Å²) in [5, 5.41) is 2.52. The summed E-state index contributed by atoms with van der Waals surface area (Å²) in [5.41, 5.74) is 0.546. The Hall–Kier alpha value is -2.36. The van der Waals surface area contributed by atoms with Gasteiger partial charge in [0.25, 0.3) is 9.70 Å². The summed E-state index contributed by atoms with van der Waals surface area (Å²) in [5.74, 6) is -2.35. The lowest BCUT2D eigenvalue weighted by atomic mass is 9.97. The van der Waals surface area contributed by atoms with Crippen molar-refractivity contribution in [2.75, 3.05) is 6.61 Å². The summed E-state index contributed by atoms with van der Waals surface area (Å²) in [7, 11) is 0. The number of hydrogen-bond acceptors (Lipinski definition) is 7. The van der Waals surface area contributed by atoms with E-state index in [1.165, 1.54) is 0 Å². The molecule has 2 aromatic rings. The van der Waals surface area contributed by atoms with Gasteiger partial charge in [-0.15, -0.1) is 0 Å². The first kappa shape index (κ1) is 23.8. The van der Waals surface area contributed by atoms with Gasteiger partial charge in [0.1, 0.15) is 12.1 Å². The first-order valence-corrected chi connectivity index (χ1v) is 11.0. The van der Waals surface area contributed by atoms with Crippen LogP contribution >= 0.6 is 34.8 Å². The summed E-state index contributed by atoms with van der Waals surface area (Å²) < 4.78 is 20.4. The third kappa shape index (κ3) is 5.42. The fourth-order valence-electron chi connectivity index (χ4n) is 3.58. The number of carbonyl (C=O) groups is 3. The van der Waals surface area contributed by atoms with Crippen molar-refractivity contribution >= 4 is 52.6 Å². The maximum atomic E-state index is 12.7. The maximum Gasteiger partial charge on any atom is 0.338 e. The number of fused-ring (bicyclic) bond motifs is 2. The average Bonchev–Trinajstić information content (AvgIpc) is 3.25. The third-order valence-electron chi connectivity index (χ3n) is 5.14. The highest BCUT2D eigenvalue weighted by Crippen LogP contribution is 2.34. The normalized spacial score (nSPS) is 26.3. The first-order chi connectivity index (χ1) is 15.7. The van der Waals surface area contributed by atoms with Gasteiger partial charge < -0.3 is 24.3 Å². The van der Waals surface area contributed by atoms with Gasteiger partial charge in [-0.2, -0.15) is 0 Å². The van der Waals surface area contributed by atoms with E-state index in [4.69, 9.17) is 53.8 Å². The lowest BCUT2D eigenvalue weighted by Crippen LogP contribution is -2.64. The second-order valence-corrected chi connectivity index (χ2v) is 9.63. The van der Waals surface area contributed by atoms with Gasteiger partial charge >= 0.3 is 11.9 Å². The lowest BCUT2D eigenvalue weighted by Gasteiger charge is -2.40. The number of carbonyl (C=O) groups excluding carboxylic acids is 3. The fraction of sp³-hybridized carbons (Fsp3) is 0.318. The summed E-state index contributed by atoms with van der Waals surface area (Å²) in [6, 6.07) is 15.3. The van der Waals surface area contributed by atoms with Crippen LogP contribution in [0.2, 0.25) is 0 Å². The zero-order valence-corrected chi connectivity index (χ0v) is 19.1. The number of ether oxygens (including phenoxy) is 4. The molecule has 0 aromatic heterocycles. The van der Waals surface area contributed by atoms with Crippen molar-refractivity contribution in [1.29, 1.82) is 0 Å². The van der Waals surface area contributed by atoms with E-state index in [1.807, 2.05) is 0 Å². The quantitative estimate of drug-likeness (QED) is 0.483. The number of hydrogen-bond donors (Lipinski definition) is 1. The van der Waals surface area contributed by atoms with Crippen LogP contribution in [0.3, 0.4) is 0 Å². The topological polar surface area (TPSA) is 100 Å². The predicted molar refractivity (Wildman–Crippen MR) is 118 cm³/mol. The van der Waals surface area contributed by atoms with Crippen molar-refractivity contribution in [3.63, 3.8) is 0 Å². The van der Waals surface area contributed by atoms with Crippen LogP contribution in [0.15, 0.2) is 60.7 Å². The Morgan fingerprint density at radius 2 is 1.36 bits per heavy atom. The smallest absolute Gasteiger partial charge is 0.338 e. The molecule has 0 radical (unpaired) electrons. The third-order valence-corrected chi connectivity index (χ3v) is 5.65. The van der Waals surface area contributed by atoms with Gasteiger partial charge in [-0.25, -0.2) is 9.59 Å². The number of alkyl halides is 3. The van der Waals surface area contributed by atoms with Gasteiger partial charge in [0.2, 0.25) is 0 Å². The zero-order chi connectivity index (χ0) is 23.6. The highest BCUT2D eigenvalue weighted by Gasteiger charge is 2.56. The van der Waals surface area contributed by atoms with Crippen molar-refractivity contribution in [1.82, 2.24) is 5.32 Å². The van der Waals surface area contributed by atoms with E-state index in [2.05, 4.69) is 5.32 Å². The Labute approximate surface area is 204 Å². The van der Waals surface area contributed by atoms with Crippen molar-refractivity contribution in [2.45, 2.75) is 34.4 Å². The van der Waals surface area contributed by atoms with Crippen molar-refractivity contribution in [3.05, 3.63) is 71.8 Å². The Bertz CT molecular complexity index is 948. The fourth-order valence-corrected chi connectivity index (χ4v) is 3.74. The van der Waals surface area contributed by atoms with Crippen LogP contribution in [-0.4, -0.2) is 58.9 Å².